The van der Waals surface area contributed by atoms with Crippen LogP contribution in [0.25, 0.3) is 6.08 Å². The molecule has 2 N–H and O–H groups in total. The molecular weight excluding hydrogens is 176 g/mol. The Morgan fingerprint density at radius 3 is 2.71 bits per heavy atom. The highest BCUT2D eigenvalue weighted by atomic mass is 15.1. The molecule has 4 heteroatoms. The zero-order valence-corrected chi connectivity index (χ0v) is 8.83. The van der Waals surface area contributed by atoms with E-state index in [1.54, 1.807) is 6.20 Å². The first-order chi connectivity index (χ1) is 6.81. The Bertz CT molecular complexity index is 320. The number of allylic oxidation sites excluding steroid dienone is 1. The Labute approximate surface area is 84.5 Å². The van der Waals surface area contributed by atoms with E-state index in [0.717, 1.165) is 23.8 Å². The number of rotatable bonds is 4. The number of hydrogen-bond acceptors (Lipinski definition) is 4. The number of nitrogens with one attached hydrogen (secondary N) is 2. The summed E-state index contributed by atoms with van der Waals surface area (Å²) in [5.41, 5.74) is 0.869. The van der Waals surface area contributed by atoms with Gasteiger partial charge >= 0.3 is 0 Å². The minimum Gasteiger partial charge on any atom is -0.372 e. The van der Waals surface area contributed by atoms with Crippen molar-refractivity contribution in [3.05, 3.63) is 18.0 Å². The number of anilines is 2. The van der Waals surface area contributed by atoms with E-state index in [-0.39, 0.29) is 0 Å². The van der Waals surface area contributed by atoms with E-state index in [1.807, 2.05) is 20.2 Å². The molecule has 0 aliphatic rings. The fourth-order valence-corrected chi connectivity index (χ4v) is 1.05. The van der Waals surface area contributed by atoms with Crippen LogP contribution < -0.4 is 10.6 Å². The maximum Gasteiger partial charge on any atom is 0.154 e. The molecule has 1 aromatic rings. The molecule has 0 aromatic carbocycles. The standard InChI is InChI=1S/C10H16N4/c1-4-5-6-8-10(12-3)14-9(11-2)7-13-8/h5-7H,4H2,1-3H3,(H2,11,12,14)/b6-5+. The Hall–Kier alpha value is -1.58. The van der Waals surface area contributed by atoms with Gasteiger partial charge in [0.1, 0.15) is 11.5 Å². The fourth-order valence-electron chi connectivity index (χ4n) is 1.05. The number of nitrogens with zero attached hydrogens (tertiary/aromatic N) is 2. The molecule has 4 nitrogen and oxygen atoms in total. The maximum absolute atomic E-state index is 4.33. The summed E-state index contributed by atoms with van der Waals surface area (Å²) in [4.78, 5) is 8.61. The highest BCUT2D eigenvalue weighted by molar-refractivity contribution is 5.60. The van der Waals surface area contributed by atoms with E-state index in [9.17, 15) is 0 Å². The van der Waals surface area contributed by atoms with Gasteiger partial charge in [0, 0.05) is 14.1 Å². The van der Waals surface area contributed by atoms with Gasteiger partial charge in [0.05, 0.1) is 6.20 Å². The monoisotopic (exact) mass is 192 g/mol. The molecule has 76 valence electrons. The van der Waals surface area contributed by atoms with Crippen LogP contribution in [0.4, 0.5) is 11.6 Å². The van der Waals surface area contributed by atoms with Crippen LogP contribution in [-0.2, 0) is 0 Å². The largest absolute Gasteiger partial charge is 0.372 e. The zero-order valence-electron chi connectivity index (χ0n) is 8.83. The first-order valence-corrected chi connectivity index (χ1v) is 4.71. The smallest absolute Gasteiger partial charge is 0.154 e. The lowest BCUT2D eigenvalue weighted by atomic mass is 10.3. The van der Waals surface area contributed by atoms with Gasteiger partial charge in [-0.3, -0.25) is 0 Å². The van der Waals surface area contributed by atoms with Crippen LogP contribution >= 0.6 is 0 Å². The van der Waals surface area contributed by atoms with Gasteiger partial charge in [-0.2, -0.15) is 0 Å². The molecule has 1 aromatic heterocycles. The SMILES string of the molecule is CC/C=C/c1ncc(NC)nc1NC. The number of aromatic nitrogens is 2. The molecule has 0 amide bonds. The van der Waals surface area contributed by atoms with Crippen LogP contribution in [-0.4, -0.2) is 24.1 Å². The van der Waals surface area contributed by atoms with Gasteiger partial charge in [0.2, 0.25) is 0 Å². The van der Waals surface area contributed by atoms with Crippen molar-refractivity contribution in [2.24, 2.45) is 0 Å². The first-order valence-electron chi connectivity index (χ1n) is 4.71. The van der Waals surface area contributed by atoms with Crippen LogP contribution in [0.2, 0.25) is 0 Å². The lowest BCUT2D eigenvalue weighted by Gasteiger charge is -2.05. The van der Waals surface area contributed by atoms with E-state index in [4.69, 9.17) is 0 Å². The summed E-state index contributed by atoms with van der Waals surface area (Å²) in [6.07, 6.45) is 6.75. The highest BCUT2D eigenvalue weighted by Crippen LogP contribution is 2.13. The van der Waals surface area contributed by atoms with Crippen LogP contribution in [0.3, 0.4) is 0 Å². The molecule has 1 rings (SSSR count). The van der Waals surface area contributed by atoms with Crippen molar-refractivity contribution in [2.75, 3.05) is 24.7 Å². The molecule has 0 bridgehead atoms. The normalized spacial score (nSPS) is 10.5. The molecule has 1 heterocycles. The molecule has 0 unspecified atom stereocenters. The molecular formula is C10H16N4. The van der Waals surface area contributed by atoms with Crippen molar-refractivity contribution in [3.8, 4) is 0 Å². The summed E-state index contributed by atoms with van der Waals surface area (Å²) in [7, 11) is 3.66. The summed E-state index contributed by atoms with van der Waals surface area (Å²) in [5, 5.41) is 5.96. The lowest BCUT2D eigenvalue weighted by molar-refractivity contribution is 1.15. The Morgan fingerprint density at radius 1 is 1.36 bits per heavy atom. The summed E-state index contributed by atoms with van der Waals surface area (Å²) < 4.78 is 0. The zero-order chi connectivity index (χ0) is 10.4. The third-order valence-electron chi connectivity index (χ3n) is 1.81. The molecule has 0 saturated carbocycles. The average molecular weight is 192 g/mol. The molecule has 14 heavy (non-hydrogen) atoms. The molecule has 0 aliphatic carbocycles. The van der Waals surface area contributed by atoms with Gasteiger partial charge in [0.25, 0.3) is 0 Å². The molecule has 0 saturated heterocycles. The lowest BCUT2D eigenvalue weighted by Crippen LogP contribution is -2.01. The predicted molar refractivity (Wildman–Crippen MR) is 60.5 cm³/mol. The summed E-state index contributed by atoms with van der Waals surface area (Å²) in [6.45, 7) is 2.09. The predicted octanol–water partition coefficient (Wildman–Crippen LogP) is 1.98. The van der Waals surface area contributed by atoms with Crippen molar-refractivity contribution in [3.63, 3.8) is 0 Å². The second kappa shape index (κ2) is 5.21. The van der Waals surface area contributed by atoms with Crippen LogP contribution in [0.1, 0.15) is 19.0 Å². The van der Waals surface area contributed by atoms with E-state index in [0.29, 0.717) is 0 Å². The Kier molecular flexibility index (Phi) is 3.91. The Balaban J connectivity index is 2.99. The second-order valence-electron chi connectivity index (χ2n) is 2.80. The van der Waals surface area contributed by atoms with Crippen molar-refractivity contribution in [2.45, 2.75) is 13.3 Å². The van der Waals surface area contributed by atoms with Gasteiger partial charge in [-0.15, -0.1) is 0 Å². The van der Waals surface area contributed by atoms with Gasteiger partial charge < -0.3 is 10.6 Å². The fraction of sp³-hybridized carbons (Fsp3) is 0.400. The molecule has 0 radical (unpaired) electrons. The molecule has 0 fully saturated rings. The third kappa shape index (κ3) is 2.45. The minimum absolute atomic E-state index is 0.767. The topological polar surface area (TPSA) is 49.8 Å². The van der Waals surface area contributed by atoms with Gasteiger partial charge in [-0.25, -0.2) is 9.97 Å². The van der Waals surface area contributed by atoms with Crippen molar-refractivity contribution in [1.82, 2.24) is 9.97 Å². The number of hydrogen-bond donors (Lipinski definition) is 2. The highest BCUT2D eigenvalue weighted by Gasteiger charge is 2.01. The van der Waals surface area contributed by atoms with Crippen molar-refractivity contribution in [1.29, 1.82) is 0 Å². The van der Waals surface area contributed by atoms with E-state index in [1.165, 1.54) is 0 Å². The van der Waals surface area contributed by atoms with E-state index in [2.05, 4.69) is 33.6 Å². The van der Waals surface area contributed by atoms with Crippen molar-refractivity contribution >= 4 is 17.7 Å². The summed E-state index contributed by atoms with van der Waals surface area (Å²) in [5.74, 6) is 1.56. The van der Waals surface area contributed by atoms with E-state index >= 15 is 0 Å². The second-order valence-corrected chi connectivity index (χ2v) is 2.80. The molecule has 0 spiro atoms. The quantitative estimate of drug-likeness (QED) is 0.766. The molecule has 0 atom stereocenters. The minimum atomic E-state index is 0.767. The summed E-state index contributed by atoms with van der Waals surface area (Å²) >= 11 is 0. The maximum atomic E-state index is 4.33. The van der Waals surface area contributed by atoms with Gasteiger partial charge in [-0.05, 0) is 12.5 Å². The van der Waals surface area contributed by atoms with Crippen LogP contribution in [0.5, 0.6) is 0 Å². The van der Waals surface area contributed by atoms with Crippen LogP contribution in [0, 0.1) is 0 Å². The molecule has 0 aliphatic heterocycles. The first kappa shape index (κ1) is 10.5. The van der Waals surface area contributed by atoms with Crippen LogP contribution in [0.15, 0.2) is 12.3 Å². The third-order valence-corrected chi connectivity index (χ3v) is 1.81. The van der Waals surface area contributed by atoms with Crippen molar-refractivity contribution < 1.29 is 0 Å². The summed E-state index contributed by atoms with van der Waals surface area (Å²) in [6, 6.07) is 0. The van der Waals surface area contributed by atoms with Gasteiger partial charge in [0.15, 0.2) is 5.82 Å². The van der Waals surface area contributed by atoms with Gasteiger partial charge in [-0.1, -0.05) is 13.0 Å². The average Bonchev–Trinajstić information content (AvgIpc) is 2.26. The van der Waals surface area contributed by atoms with E-state index < -0.39 is 0 Å². The Morgan fingerprint density at radius 2 is 2.14 bits per heavy atom.